The maximum atomic E-state index is 10.2. The van der Waals surface area contributed by atoms with Gasteiger partial charge in [0.2, 0.25) is 0 Å². The summed E-state index contributed by atoms with van der Waals surface area (Å²) < 4.78 is 4.55. The van der Waals surface area contributed by atoms with E-state index in [0.29, 0.717) is 13.0 Å². The lowest BCUT2D eigenvalue weighted by molar-refractivity contribution is -0.142. The third kappa shape index (κ3) is 6.73. The number of aromatic amines is 1. The van der Waals surface area contributed by atoms with E-state index in [0.717, 1.165) is 0 Å². The third-order valence-corrected chi connectivity index (χ3v) is 0.956. The number of aromatic nitrogens is 4. The van der Waals surface area contributed by atoms with Gasteiger partial charge in [0.25, 0.3) is 5.95 Å². The predicted molar refractivity (Wildman–Crippen MR) is 45.5 cm³/mol. The molecule has 0 aliphatic carbocycles. The van der Waals surface area contributed by atoms with E-state index < -0.39 is 0 Å². The van der Waals surface area contributed by atoms with E-state index in [2.05, 4.69) is 25.4 Å². The molecule has 0 atom stereocenters. The van der Waals surface area contributed by atoms with E-state index in [1.165, 1.54) is 0 Å². The summed E-state index contributed by atoms with van der Waals surface area (Å²) in [6.45, 7) is 4.07. The van der Waals surface area contributed by atoms with Gasteiger partial charge in [-0.1, -0.05) is 12.0 Å². The number of rotatable bonds is 2. The van der Waals surface area contributed by atoms with Crippen LogP contribution in [0.5, 0.6) is 0 Å². The van der Waals surface area contributed by atoms with Crippen molar-refractivity contribution in [2.75, 3.05) is 12.3 Å². The minimum Gasteiger partial charge on any atom is -0.466 e. The number of tetrazole rings is 1. The molecule has 0 spiro atoms. The molecule has 0 saturated carbocycles. The van der Waals surface area contributed by atoms with Crippen molar-refractivity contribution in [1.82, 2.24) is 20.6 Å². The highest BCUT2D eigenvalue weighted by Crippen LogP contribution is 1.80. The van der Waals surface area contributed by atoms with E-state index >= 15 is 0 Å². The van der Waals surface area contributed by atoms with Crippen molar-refractivity contribution in [2.45, 2.75) is 20.3 Å². The molecule has 0 saturated heterocycles. The minimum atomic E-state index is -0.123. The summed E-state index contributed by atoms with van der Waals surface area (Å²) in [5.74, 6) is 0.0532. The lowest BCUT2D eigenvalue weighted by Crippen LogP contribution is -2.00. The van der Waals surface area contributed by atoms with Crippen LogP contribution in [-0.2, 0) is 9.53 Å². The fourth-order valence-corrected chi connectivity index (χ4v) is 0.433. The molecule has 0 radical (unpaired) electrons. The normalized spacial score (nSPS) is 8.46. The van der Waals surface area contributed by atoms with Crippen LogP contribution in [0.3, 0.4) is 0 Å². The highest BCUT2D eigenvalue weighted by atomic mass is 16.5. The Hall–Kier alpha value is -1.66. The SMILES string of the molecule is CCOC(=O)CC.Nc1nn[nH]n1. The van der Waals surface area contributed by atoms with Crippen LogP contribution in [-0.4, -0.2) is 33.2 Å². The van der Waals surface area contributed by atoms with Crippen molar-refractivity contribution >= 4 is 11.9 Å². The Labute approximate surface area is 75.7 Å². The van der Waals surface area contributed by atoms with Crippen molar-refractivity contribution in [1.29, 1.82) is 0 Å². The Morgan fingerprint density at radius 2 is 2.31 bits per heavy atom. The van der Waals surface area contributed by atoms with Gasteiger partial charge in [0.15, 0.2) is 0 Å². The number of nitrogens with one attached hydrogen (secondary N) is 1. The summed E-state index contributed by atoms with van der Waals surface area (Å²) in [6.07, 6.45) is 0.480. The summed E-state index contributed by atoms with van der Waals surface area (Å²) in [6, 6.07) is 0. The molecule has 0 aromatic carbocycles. The Bertz CT molecular complexity index is 223. The molecule has 0 unspecified atom stereocenters. The number of esters is 1. The Morgan fingerprint density at radius 1 is 1.62 bits per heavy atom. The van der Waals surface area contributed by atoms with Gasteiger partial charge in [0, 0.05) is 6.42 Å². The highest BCUT2D eigenvalue weighted by molar-refractivity contribution is 5.68. The zero-order chi connectivity index (χ0) is 10.1. The Morgan fingerprint density at radius 3 is 2.46 bits per heavy atom. The van der Waals surface area contributed by atoms with E-state index in [9.17, 15) is 4.79 Å². The summed E-state index contributed by atoms with van der Waals surface area (Å²) in [7, 11) is 0. The van der Waals surface area contributed by atoms with Crippen LogP contribution in [0.1, 0.15) is 20.3 Å². The number of carbonyl (C=O) groups is 1. The second-order valence-electron chi connectivity index (χ2n) is 1.93. The number of hydrogen-bond donors (Lipinski definition) is 2. The molecule has 0 aliphatic heterocycles. The molecule has 1 heterocycles. The Balaban J connectivity index is 0.000000223. The average Bonchev–Trinajstić information content (AvgIpc) is 2.57. The van der Waals surface area contributed by atoms with Crippen LogP contribution < -0.4 is 5.73 Å². The molecular weight excluding hydrogens is 174 g/mol. The van der Waals surface area contributed by atoms with Gasteiger partial charge < -0.3 is 10.5 Å². The van der Waals surface area contributed by atoms with Crippen LogP contribution >= 0.6 is 0 Å². The molecular formula is C6H13N5O2. The van der Waals surface area contributed by atoms with Crippen LogP contribution in [0.2, 0.25) is 0 Å². The predicted octanol–water partition coefficient (Wildman–Crippen LogP) is -0.259. The van der Waals surface area contributed by atoms with Gasteiger partial charge >= 0.3 is 5.97 Å². The number of nitrogen functional groups attached to an aromatic ring is 1. The first kappa shape index (κ1) is 11.3. The van der Waals surface area contributed by atoms with Gasteiger partial charge in [-0.3, -0.25) is 4.79 Å². The molecule has 0 aliphatic rings. The maximum Gasteiger partial charge on any atom is 0.305 e. The lowest BCUT2D eigenvalue weighted by atomic mass is 10.5. The van der Waals surface area contributed by atoms with Crippen molar-refractivity contribution in [3.63, 3.8) is 0 Å². The fraction of sp³-hybridized carbons (Fsp3) is 0.667. The highest BCUT2D eigenvalue weighted by Gasteiger charge is 1.91. The van der Waals surface area contributed by atoms with Crippen LogP contribution in [0.4, 0.5) is 5.95 Å². The molecule has 1 rings (SSSR count). The molecule has 7 nitrogen and oxygen atoms in total. The summed E-state index contributed by atoms with van der Waals surface area (Å²) in [4.78, 5) is 10.2. The van der Waals surface area contributed by atoms with Gasteiger partial charge in [0.1, 0.15) is 0 Å². The summed E-state index contributed by atoms with van der Waals surface area (Å²) >= 11 is 0. The quantitative estimate of drug-likeness (QED) is 0.618. The zero-order valence-electron chi connectivity index (χ0n) is 7.65. The molecule has 7 heteroatoms. The van der Waals surface area contributed by atoms with E-state index in [1.54, 1.807) is 13.8 Å². The van der Waals surface area contributed by atoms with Gasteiger partial charge in [0.05, 0.1) is 6.61 Å². The molecule has 0 amide bonds. The number of nitrogens with zero attached hydrogens (tertiary/aromatic N) is 3. The van der Waals surface area contributed by atoms with Crippen LogP contribution in [0.15, 0.2) is 0 Å². The number of nitrogens with two attached hydrogens (primary N) is 1. The molecule has 0 fully saturated rings. The molecule has 74 valence electrons. The standard InChI is InChI=1S/C5H10O2.CH3N5/c1-3-5(6)7-4-2;2-1-3-5-6-4-1/h3-4H2,1-2H3;(H3,2,3,4,5,6). The number of hydrogen-bond acceptors (Lipinski definition) is 6. The molecule has 13 heavy (non-hydrogen) atoms. The topological polar surface area (TPSA) is 107 Å². The van der Waals surface area contributed by atoms with Crippen LogP contribution in [0, 0.1) is 0 Å². The van der Waals surface area contributed by atoms with Crippen LogP contribution in [0.25, 0.3) is 0 Å². The number of H-pyrrole nitrogens is 1. The number of ether oxygens (including phenoxy) is 1. The van der Waals surface area contributed by atoms with Crippen molar-refractivity contribution in [2.24, 2.45) is 0 Å². The first-order valence-corrected chi connectivity index (χ1v) is 3.85. The fourth-order valence-electron chi connectivity index (χ4n) is 0.433. The monoisotopic (exact) mass is 187 g/mol. The molecule has 1 aromatic heterocycles. The molecule has 0 bridgehead atoms. The average molecular weight is 187 g/mol. The number of anilines is 1. The van der Waals surface area contributed by atoms with Gasteiger partial charge in [-0.05, 0) is 12.1 Å². The molecule has 1 aromatic rings. The first-order chi connectivity index (χ1) is 6.20. The summed E-state index contributed by atoms with van der Waals surface area (Å²) in [5.41, 5.74) is 4.96. The van der Waals surface area contributed by atoms with Gasteiger partial charge in [-0.2, -0.15) is 5.21 Å². The second-order valence-corrected chi connectivity index (χ2v) is 1.93. The van der Waals surface area contributed by atoms with E-state index in [-0.39, 0.29) is 11.9 Å². The zero-order valence-corrected chi connectivity index (χ0v) is 7.65. The van der Waals surface area contributed by atoms with E-state index in [1.807, 2.05) is 0 Å². The van der Waals surface area contributed by atoms with Gasteiger partial charge in [-0.15, -0.1) is 5.10 Å². The largest absolute Gasteiger partial charge is 0.466 e. The smallest absolute Gasteiger partial charge is 0.305 e. The molecule has 3 N–H and O–H groups in total. The number of carbonyl (C=O) groups excluding carboxylic acids is 1. The van der Waals surface area contributed by atoms with E-state index in [4.69, 9.17) is 5.73 Å². The Kier molecular flexibility index (Phi) is 6.12. The summed E-state index contributed by atoms with van der Waals surface area (Å²) in [5, 5.41) is 12.0. The van der Waals surface area contributed by atoms with Crippen molar-refractivity contribution in [3.8, 4) is 0 Å². The maximum absolute atomic E-state index is 10.2. The minimum absolute atomic E-state index is 0.123. The van der Waals surface area contributed by atoms with Crippen molar-refractivity contribution < 1.29 is 9.53 Å². The van der Waals surface area contributed by atoms with Gasteiger partial charge in [-0.25, -0.2) is 0 Å². The third-order valence-electron chi connectivity index (χ3n) is 0.956. The lowest BCUT2D eigenvalue weighted by Gasteiger charge is -1.93. The van der Waals surface area contributed by atoms with Crippen molar-refractivity contribution in [3.05, 3.63) is 0 Å². The first-order valence-electron chi connectivity index (χ1n) is 3.85. The second kappa shape index (κ2) is 7.01.